The van der Waals surface area contributed by atoms with E-state index in [-0.39, 0.29) is 18.6 Å². The molecule has 0 spiro atoms. The first-order chi connectivity index (χ1) is 17.1. The van der Waals surface area contributed by atoms with Gasteiger partial charge in [0.2, 0.25) is 11.7 Å². The van der Waals surface area contributed by atoms with Gasteiger partial charge >= 0.3 is 0 Å². The molecular formula is C25H25N5O5. The maximum atomic E-state index is 12.4. The third-order valence-electron chi connectivity index (χ3n) is 5.94. The molecule has 10 heteroatoms. The summed E-state index contributed by atoms with van der Waals surface area (Å²) in [4.78, 5) is 23.6. The molecule has 0 saturated carbocycles. The summed E-state index contributed by atoms with van der Waals surface area (Å²) in [6, 6.07) is 14.0. The minimum Gasteiger partial charge on any atom is -0.497 e. The second-order valence-corrected chi connectivity index (χ2v) is 8.23. The Morgan fingerprint density at radius 3 is 2.71 bits per heavy atom. The molecule has 4 aromatic rings. The summed E-state index contributed by atoms with van der Waals surface area (Å²) in [7, 11) is 1.58. The van der Waals surface area contributed by atoms with E-state index in [1.54, 1.807) is 55.8 Å². The topological polar surface area (TPSA) is 127 Å². The van der Waals surface area contributed by atoms with Crippen molar-refractivity contribution in [2.24, 2.45) is 0 Å². The summed E-state index contributed by atoms with van der Waals surface area (Å²) < 4.78 is 16.3. The van der Waals surface area contributed by atoms with Crippen LogP contribution in [0.5, 0.6) is 5.75 Å². The van der Waals surface area contributed by atoms with Gasteiger partial charge in [-0.2, -0.15) is 4.98 Å². The van der Waals surface area contributed by atoms with Crippen LogP contribution in [-0.4, -0.2) is 44.7 Å². The third kappa shape index (κ3) is 5.08. The number of anilines is 1. The zero-order chi connectivity index (χ0) is 24.2. The van der Waals surface area contributed by atoms with Crippen molar-refractivity contribution in [2.45, 2.75) is 32.0 Å². The summed E-state index contributed by atoms with van der Waals surface area (Å²) >= 11 is 0. The van der Waals surface area contributed by atoms with Crippen LogP contribution in [0.2, 0.25) is 0 Å². The molecule has 3 aromatic heterocycles. The number of pyridine rings is 1. The van der Waals surface area contributed by atoms with Crippen LogP contribution < -0.4 is 10.1 Å². The number of amides is 1. The summed E-state index contributed by atoms with van der Waals surface area (Å²) in [6.45, 7) is 1.38. The van der Waals surface area contributed by atoms with Crippen LogP contribution >= 0.6 is 0 Å². The summed E-state index contributed by atoms with van der Waals surface area (Å²) in [6.07, 6.45) is 3.52. The lowest BCUT2D eigenvalue weighted by molar-refractivity contribution is 0.102. The molecule has 0 aliphatic carbocycles. The molecule has 0 bridgehead atoms. The first kappa shape index (κ1) is 22.8. The average Bonchev–Trinajstić information content (AvgIpc) is 3.66. The number of methoxy groups -OCH3 is 1. The number of furan rings is 1. The number of benzene rings is 1. The quantitative estimate of drug-likeness (QED) is 0.391. The number of aromatic nitrogens is 3. The number of nitrogens with one attached hydrogen (secondary N) is 1. The van der Waals surface area contributed by atoms with Crippen LogP contribution in [0.25, 0.3) is 11.4 Å². The van der Waals surface area contributed by atoms with Crippen LogP contribution in [0.1, 0.15) is 46.7 Å². The second kappa shape index (κ2) is 10.1. The molecule has 1 saturated heterocycles. The maximum Gasteiger partial charge on any atom is 0.256 e. The van der Waals surface area contributed by atoms with E-state index in [1.165, 1.54) is 0 Å². The van der Waals surface area contributed by atoms with Crippen molar-refractivity contribution in [1.29, 1.82) is 0 Å². The maximum absolute atomic E-state index is 12.4. The lowest BCUT2D eigenvalue weighted by Gasteiger charge is -2.19. The number of carbonyl (C=O) groups excluding carboxylic acids is 1. The van der Waals surface area contributed by atoms with Crippen LogP contribution in [-0.2, 0) is 13.2 Å². The number of nitrogens with zero attached hydrogens (tertiary/aromatic N) is 4. The first-order valence-electron chi connectivity index (χ1n) is 11.3. The van der Waals surface area contributed by atoms with Crippen molar-refractivity contribution in [3.63, 3.8) is 0 Å². The highest BCUT2D eigenvalue weighted by atomic mass is 16.5. The summed E-state index contributed by atoms with van der Waals surface area (Å²) in [5.41, 5.74) is 1.19. The Labute approximate surface area is 201 Å². The molecule has 35 heavy (non-hydrogen) atoms. The highest BCUT2D eigenvalue weighted by molar-refractivity contribution is 6.03. The number of carbonyl (C=O) groups is 1. The Hall–Kier alpha value is -4.02. The number of likely N-dealkylation sites (tertiary alicyclic amines) is 1. The summed E-state index contributed by atoms with van der Waals surface area (Å²) in [5.74, 6) is 3.15. The van der Waals surface area contributed by atoms with E-state index in [0.717, 1.165) is 25.1 Å². The van der Waals surface area contributed by atoms with Crippen molar-refractivity contribution in [2.75, 3.05) is 19.0 Å². The van der Waals surface area contributed by atoms with Crippen molar-refractivity contribution in [1.82, 2.24) is 20.0 Å². The van der Waals surface area contributed by atoms with Crippen molar-refractivity contribution >= 4 is 11.7 Å². The molecule has 1 atom stereocenters. The molecule has 1 fully saturated rings. The van der Waals surface area contributed by atoms with Gasteiger partial charge in [-0.1, -0.05) is 5.16 Å². The van der Waals surface area contributed by atoms with Crippen molar-refractivity contribution in [3.8, 4) is 17.1 Å². The number of hydrogen-bond acceptors (Lipinski definition) is 9. The molecule has 1 aliphatic rings. The van der Waals surface area contributed by atoms with Gasteiger partial charge in [0.1, 0.15) is 29.7 Å². The van der Waals surface area contributed by atoms with E-state index in [9.17, 15) is 9.90 Å². The highest BCUT2D eigenvalue weighted by Crippen LogP contribution is 2.33. The fourth-order valence-electron chi connectivity index (χ4n) is 4.11. The molecule has 2 N–H and O–H groups in total. The molecule has 1 unspecified atom stereocenters. The predicted octanol–water partition coefficient (Wildman–Crippen LogP) is 3.81. The second-order valence-electron chi connectivity index (χ2n) is 8.23. The van der Waals surface area contributed by atoms with Gasteiger partial charge in [0.25, 0.3) is 5.91 Å². The average molecular weight is 476 g/mol. The molecule has 1 aliphatic heterocycles. The molecule has 1 amide bonds. The van der Waals surface area contributed by atoms with Crippen molar-refractivity contribution in [3.05, 3.63) is 77.7 Å². The fraction of sp³-hybridized carbons (Fsp3) is 0.280. The molecular weight excluding hydrogens is 450 g/mol. The van der Waals surface area contributed by atoms with Gasteiger partial charge in [-0.3, -0.25) is 9.69 Å². The smallest absolute Gasteiger partial charge is 0.256 e. The van der Waals surface area contributed by atoms with Crippen LogP contribution in [0.3, 0.4) is 0 Å². The van der Waals surface area contributed by atoms with Crippen LogP contribution in [0, 0.1) is 0 Å². The normalized spacial score (nSPS) is 15.9. The fourth-order valence-corrected chi connectivity index (χ4v) is 4.11. The highest BCUT2D eigenvalue weighted by Gasteiger charge is 2.31. The monoisotopic (exact) mass is 475 g/mol. The lowest BCUT2D eigenvalue weighted by atomic mass is 10.2. The zero-order valence-electron chi connectivity index (χ0n) is 19.2. The first-order valence-corrected chi connectivity index (χ1v) is 11.3. The van der Waals surface area contributed by atoms with E-state index in [1.807, 2.05) is 6.07 Å². The number of hydrogen-bond donors (Lipinski definition) is 2. The minimum absolute atomic E-state index is 0.00468. The zero-order valence-corrected chi connectivity index (χ0v) is 19.2. The third-order valence-corrected chi connectivity index (χ3v) is 5.94. The van der Waals surface area contributed by atoms with Gasteiger partial charge < -0.3 is 24.1 Å². The van der Waals surface area contributed by atoms with Crippen molar-refractivity contribution < 1.29 is 23.6 Å². The molecule has 1 aromatic carbocycles. The number of ether oxygens (including phenoxy) is 1. The van der Waals surface area contributed by atoms with E-state index in [0.29, 0.717) is 46.7 Å². The Morgan fingerprint density at radius 1 is 1.17 bits per heavy atom. The molecule has 10 nitrogen and oxygen atoms in total. The Morgan fingerprint density at radius 2 is 2.00 bits per heavy atom. The van der Waals surface area contributed by atoms with Gasteiger partial charge in [0, 0.05) is 17.3 Å². The van der Waals surface area contributed by atoms with Gasteiger partial charge in [0.15, 0.2) is 0 Å². The number of rotatable bonds is 8. The summed E-state index contributed by atoms with van der Waals surface area (Å²) in [5, 5.41) is 16.1. The predicted molar refractivity (Wildman–Crippen MR) is 125 cm³/mol. The molecule has 180 valence electrons. The molecule has 5 rings (SSSR count). The van der Waals surface area contributed by atoms with Crippen LogP contribution in [0.4, 0.5) is 5.82 Å². The van der Waals surface area contributed by atoms with Gasteiger partial charge in [-0.15, -0.1) is 0 Å². The van der Waals surface area contributed by atoms with Crippen LogP contribution in [0.15, 0.2) is 63.7 Å². The van der Waals surface area contributed by atoms with E-state index >= 15 is 0 Å². The Kier molecular flexibility index (Phi) is 6.55. The Balaban J connectivity index is 1.23. The number of aliphatic hydroxyl groups excluding tert-OH is 1. The van der Waals surface area contributed by atoms with E-state index in [2.05, 4.69) is 25.3 Å². The number of aliphatic hydroxyl groups is 1. The minimum atomic E-state index is -0.265. The lowest BCUT2D eigenvalue weighted by Crippen LogP contribution is -2.22. The molecule has 0 radical (unpaired) electrons. The van der Waals surface area contributed by atoms with Gasteiger partial charge in [0.05, 0.1) is 19.7 Å². The largest absolute Gasteiger partial charge is 0.497 e. The molecule has 4 heterocycles. The SMILES string of the molecule is COc1ccc(C(=O)Nc2ccc(-c3noc(C4CCCN4Cc4ccc(CO)o4)n3)cn2)cc1. The van der Waals surface area contributed by atoms with E-state index in [4.69, 9.17) is 13.7 Å². The van der Waals surface area contributed by atoms with E-state index < -0.39 is 0 Å². The van der Waals surface area contributed by atoms with Gasteiger partial charge in [-0.25, -0.2) is 4.98 Å². The van der Waals surface area contributed by atoms with Gasteiger partial charge in [-0.05, 0) is 67.9 Å². The standard InChI is InChI=1S/C25H25N5O5/c1-33-18-7-4-16(5-8-18)24(32)27-22-11-6-17(13-26-22)23-28-25(35-29-23)21-3-2-12-30(21)14-19-9-10-20(15-31)34-19/h4-11,13,21,31H,2-3,12,14-15H2,1H3,(H,26,27,32). The Bertz CT molecular complexity index is 1280.